The number of hydrogen-bond donors (Lipinski definition) is 0. The van der Waals surface area contributed by atoms with E-state index in [1.165, 1.54) is 115 Å². The minimum atomic E-state index is -0.139. The maximum absolute atomic E-state index is 2.79. The van der Waals surface area contributed by atoms with Crippen LogP contribution < -0.4 is 31.1 Å². The average Bonchev–Trinajstić information content (AvgIpc) is 3.50. The molecule has 4 heteroatoms. The Labute approximate surface area is 395 Å². The highest BCUT2D eigenvalue weighted by Crippen LogP contribution is 2.62. The minimum Gasteiger partial charge on any atom is -0.334 e. The lowest BCUT2D eigenvalue weighted by Crippen LogP contribution is -2.61. The fourth-order valence-electron chi connectivity index (χ4n) is 12.3. The molecule has 2 atom stereocenters. The van der Waals surface area contributed by atoms with Gasteiger partial charge in [0.15, 0.2) is 0 Å². The highest BCUT2D eigenvalue weighted by atomic mass is 15.3. The third-order valence-corrected chi connectivity index (χ3v) is 16.3. The molecule has 1 saturated carbocycles. The Kier molecular flexibility index (Phi) is 9.53. The van der Waals surface area contributed by atoms with Gasteiger partial charge in [0.25, 0.3) is 6.71 Å². The Morgan fingerprint density at radius 1 is 0.424 bits per heavy atom. The zero-order valence-corrected chi connectivity index (χ0v) is 41.2. The molecule has 7 aromatic carbocycles. The fourth-order valence-corrected chi connectivity index (χ4v) is 12.3. The first-order chi connectivity index (χ1) is 31.4. The number of hydrogen-bond acceptors (Lipinski definition) is 3. The predicted octanol–water partition coefficient (Wildman–Crippen LogP) is 15.1. The number of benzene rings is 7. The first-order valence-electron chi connectivity index (χ1n) is 24.6. The lowest BCUT2D eigenvalue weighted by Gasteiger charge is -2.51. The molecule has 0 saturated heterocycles. The zero-order chi connectivity index (χ0) is 46.1. The van der Waals surface area contributed by atoms with Gasteiger partial charge in [-0.15, -0.1) is 0 Å². The van der Waals surface area contributed by atoms with Crippen molar-refractivity contribution in [3.8, 4) is 11.1 Å². The minimum absolute atomic E-state index is 0.00752. The summed E-state index contributed by atoms with van der Waals surface area (Å²) in [6, 6.07) is 59.0. The maximum Gasteiger partial charge on any atom is 0.252 e. The maximum atomic E-state index is 2.79. The van der Waals surface area contributed by atoms with Crippen LogP contribution in [0.3, 0.4) is 0 Å². The van der Waals surface area contributed by atoms with Crippen LogP contribution in [0.15, 0.2) is 152 Å². The smallest absolute Gasteiger partial charge is 0.252 e. The van der Waals surface area contributed by atoms with Crippen LogP contribution in [0.5, 0.6) is 0 Å². The molecule has 7 aromatic rings. The molecule has 4 aliphatic rings. The van der Waals surface area contributed by atoms with Gasteiger partial charge in [-0.2, -0.15) is 0 Å². The van der Waals surface area contributed by atoms with Crippen LogP contribution in [0, 0.1) is 0 Å². The largest absolute Gasteiger partial charge is 0.334 e. The quantitative estimate of drug-likeness (QED) is 0.163. The zero-order valence-electron chi connectivity index (χ0n) is 41.2. The molecule has 3 heterocycles. The van der Waals surface area contributed by atoms with E-state index < -0.39 is 0 Å². The summed E-state index contributed by atoms with van der Waals surface area (Å²) >= 11 is 0. The molecule has 0 radical (unpaired) electrons. The van der Waals surface area contributed by atoms with Crippen LogP contribution in [0.25, 0.3) is 11.1 Å². The molecule has 0 aromatic heterocycles. The van der Waals surface area contributed by atoms with Gasteiger partial charge in [-0.1, -0.05) is 173 Å². The number of rotatable bonds is 4. The standard InChI is InChI=1S/C62H66BN3/c1-58(2,3)43-26-23-41(24-27-43)42-25-33-52-49(37-42)61(10)35-17-18-36-62(61,11)66(52)48-39-55-57-56(40-48)65(47-31-28-44(29-32-47)59(4,5)6)54-34-30-45(60(7,8)9)38-51(54)63(57)50-21-15-16-22-53(50)64(55)46-19-13-12-14-20-46/h12-16,19-34,37-40H,17-18,35-36H2,1-11H3. The summed E-state index contributed by atoms with van der Waals surface area (Å²) in [6.45, 7) is 26.1. The summed E-state index contributed by atoms with van der Waals surface area (Å²) in [4.78, 5) is 7.97. The van der Waals surface area contributed by atoms with E-state index in [0.29, 0.717) is 0 Å². The van der Waals surface area contributed by atoms with Crippen molar-refractivity contribution in [2.75, 3.05) is 14.7 Å². The van der Waals surface area contributed by atoms with Gasteiger partial charge in [0, 0.05) is 50.9 Å². The van der Waals surface area contributed by atoms with Gasteiger partial charge in [0.05, 0.1) is 5.54 Å². The molecule has 1 fully saturated rings. The Hall–Kier alpha value is -6.00. The summed E-state index contributed by atoms with van der Waals surface area (Å²) in [5, 5.41) is 0. The second-order valence-electron chi connectivity index (χ2n) is 23.4. The van der Waals surface area contributed by atoms with Gasteiger partial charge < -0.3 is 14.7 Å². The van der Waals surface area contributed by atoms with Gasteiger partial charge in [-0.3, -0.25) is 0 Å². The molecule has 0 amide bonds. The number of fused-ring (bicyclic) bond motifs is 7. The van der Waals surface area contributed by atoms with Gasteiger partial charge in [0.1, 0.15) is 0 Å². The molecule has 3 nitrogen and oxygen atoms in total. The topological polar surface area (TPSA) is 9.72 Å². The number of para-hydroxylation sites is 2. The molecule has 3 aliphatic heterocycles. The Balaban J connectivity index is 1.19. The SMILES string of the molecule is CC(C)(C)c1ccc(-c2ccc3c(c2)C2(C)CCCCC2(C)N3c2cc3c4c(c2)N(c2ccc(C(C)(C)C)cc2)c2ccc(C(C)(C)C)cc2B4c2ccccc2N3c2ccccc2)cc1. The second-order valence-corrected chi connectivity index (χ2v) is 23.4. The molecular weight excluding hydrogens is 798 g/mol. The summed E-state index contributed by atoms with van der Waals surface area (Å²) in [6.07, 6.45) is 4.76. The normalized spacial score (nSPS) is 19.8. The van der Waals surface area contributed by atoms with E-state index in [4.69, 9.17) is 0 Å². The van der Waals surface area contributed by atoms with Gasteiger partial charge in [-0.05, 0) is 146 Å². The van der Waals surface area contributed by atoms with Crippen molar-refractivity contribution in [3.63, 3.8) is 0 Å². The van der Waals surface area contributed by atoms with E-state index >= 15 is 0 Å². The third kappa shape index (κ3) is 6.45. The number of nitrogens with zero attached hydrogens (tertiary/aromatic N) is 3. The van der Waals surface area contributed by atoms with Crippen LogP contribution in [-0.4, -0.2) is 12.3 Å². The van der Waals surface area contributed by atoms with Crippen molar-refractivity contribution >= 4 is 68.6 Å². The van der Waals surface area contributed by atoms with Gasteiger partial charge >= 0.3 is 0 Å². The lowest BCUT2D eigenvalue weighted by atomic mass is 9.33. The molecule has 0 spiro atoms. The van der Waals surface area contributed by atoms with Crippen LogP contribution in [0.4, 0.5) is 45.5 Å². The van der Waals surface area contributed by atoms with E-state index in [9.17, 15) is 0 Å². The van der Waals surface area contributed by atoms with Crippen LogP contribution in [0.2, 0.25) is 0 Å². The Morgan fingerprint density at radius 2 is 0.939 bits per heavy atom. The van der Waals surface area contributed by atoms with Crippen molar-refractivity contribution in [2.24, 2.45) is 0 Å². The lowest BCUT2D eigenvalue weighted by molar-refractivity contribution is 0.195. The summed E-state index contributed by atoms with van der Waals surface area (Å²) in [5.74, 6) is 0. The molecular formula is C62H66BN3. The van der Waals surface area contributed by atoms with Crippen LogP contribution in [0.1, 0.15) is 124 Å². The molecule has 11 rings (SSSR count). The molecule has 1 aliphatic carbocycles. The Bertz CT molecular complexity index is 3020. The van der Waals surface area contributed by atoms with E-state index in [-0.39, 0.29) is 33.9 Å². The third-order valence-electron chi connectivity index (χ3n) is 16.3. The average molecular weight is 864 g/mol. The summed E-state index contributed by atoms with van der Waals surface area (Å²) in [5.41, 5.74) is 22.2. The van der Waals surface area contributed by atoms with Crippen molar-refractivity contribution in [1.29, 1.82) is 0 Å². The summed E-state index contributed by atoms with van der Waals surface area (Å²) < 4.78 is 0. The fraction of sp³-hybridized carbons (Fsp3) is 0.323. The molecule has 0 bridgehead atoms. The molecule has 2 unspecified atom stereocenters. The first-order valence-corrected chi connectivity index (χ1v) is 24.6. The Morgan fingerprint density at radius 3 is 1.58 bits per heavy atom. The van der Waals surface area contributed by atoms with Gasteiger partial charge in [-0.25, -0.2) is 0 Å². The van der Waals surface area contributed by atoms with Crippen molar-refractivity contribution in [2.45, 2.75) is 129 Å². The second kappa shape index (κ2) is 14.8. The highest BCUT2D eigenvalue weighted by Gasteiger charge is 2.58. The summed E-state index contributed by atoms with van der Waals surface area (Å²) in [7, 11) is 0. The molecule has 66 heavy (non-hydrogen) atoms. The molecule has 0 N–H and O–H groups in total. The first kappa shape index (κ1) is 42.6. The van der Waals surface area contributed by atoms with Crippen LogP contribution >= 0.6 is 0 Å². The molecule has 332 valence electrons. The van der Waals surface area contributed by atoms with Gasteiger partial charge in [0.2, 0.25) is 0 Å². The van der Waals surface area contributed by atoms with E-state index in [1.807, 2.05) is 0 Å². The van der Waals surface area contributed by atoms with E-state index in [2.05, 4.69) is 243 Å². The highest BCUT2D eigenvalue weighted by molar-refractivity contribution is 7.00. The van der Waals surface area contributed by atoms with Crippen molar-refractivity contribution in [1.82, 2.24) is 0 Å². The van der Waals surface area contributed by atoms with E-state index in [1.54, 1.807) is 0 Å². The van der Waals surface area contributed by atoms with Crippen LogP contribution in [-0.2, 0) is 21.7 Å². The van der Waals surface area contributed by atoms with E-state index in [0.717, 1.165) is 6.42 Å². The van der Waals surface area contributed by atoms with Crippen molar-refractivity contribution < 1.29 is 0 Å². The van der Waals surface area contributed by atoms with Crippen molar-refractivity contribution in [3.05, 3.63) is 174 Å². The number of anilines is 8. The predicted molar refractivity (Wildman–Crippen MR) is 285 cm³/mol. The monoisotopic (exact) mass is 864 g/mol.